The van der Waals surface area contributed by atoms with Crippen molar-refractivity contribution >= 4 is 40.4 Å². The van der Waals surface area contributed by atoms with Crippen LogP contribution in [-0.2, 0) is 0 Å². The quantitative estimate of drug-likeness (QED) is 0.149. The lowest BCUT2D eigenvalue weighted by Crippen LogP contribution is -2.52. The molecule has 0 aliphatic heterocycles. The molecule has 4 aromatic carbocycles. The van der Waals surface area contributed by atoms with Gasteiger partial charge in [-0.05, 0) is 23.3 Å². The van der Waals surface area contributed by atoms with E-state index in [0.717, 1.165) is 11.1 Å². The largest absolute Gasteiger partial charge is 0.496 e. The van der Waals surface area contributed by atoms with E-state index in [1.54, 1.807) is 64.8 Å². The van der Waals surface area contributed by atoms with Crippen LogP contribution in [0.5, 0.6) is 23.0 Å². The monoisotopic (exact) mass is 620 g/mol. The average Bonchev–Trinajstić information content (AvgIpc) is 3.06. The molecule has 6 aromatic rings. The molecular formula is C36H32O8Si. The Kier molecular flexibility index (Phi) is 7.72. The Morgan fingerprint density at radius 2 is 0.889 bits per heavy atom. The van der Waals surface area contributed by atoms with E-state index >= 15 is 0 Å². The molecule has 0 N–H and O–H groups in total. The summed E-state index contributed by atoms with van der Waals surface area (Å²) in [6.45, 7) is 4.53. The predicted molar refractivity (Wildman–Crippen MR) is 179 cm³/mol. The third kappa shape index (κ3) is 5.36. The van der Waals surface area contributed by atoms with Crippen molar-refractivity contribution in [2.24, 2.45) is 0 Å². The van der Waals surface area contributed by atoms with Crippen molar-refractivity contribution in [3.63, 3.8) is 0 Å². The van der Waals surface area contributed by atoms with E-state index in [1.165, 1.54) is 10.4 Å². The zero-order valence-corrected chi connectivity index (χ0v) is 26.8. The minimum Gasteiger partial charge on any atom is -0.496 e. The van der Waals surface area contributed by atoms with Crippen LogP contribution in [0.15, 0.2) is 103 Å². The molecule has 0 aliphatic carbocycles. The van der Waals surface area contributed by atoms with E-state index in [-0.39, 0.29) is 0 Å². The second kappa shape index (κ2) is 11.7. The number of benzene rings is 4. The minimum atomic E-state index is -2.14. The van der Waals surface area contributed by atoms with Crippen LogP contribution in [0, 0.1) is 0 Å². The Labute approximate surface area is 260 Å². The third-order valence-corrected chi connectivity index (χ3v) is 11.9. The summed E-state index contributed by atoms with van der Waals surface area (Å²) < 4.78 is 33.0. The molecule has 6 rings (SSSR count). The summed E-state index contributed by atoms with van der Waals surface area (Å²) in [6, 6.07) is 26.6. The SMILES string of the molecule is COc1cc(OC)c2cc(-c3ccc([Si](C)(C)c4ccc(-c5cc6c(OC)cc(OC)cc6oc5=O)cc4)cc3)c(=O)oc2c1. The lowest BCUT2D eigenvalue weighted by atomic mass is 10.1. The maximum atomic E-state index is 13.0. The summed E-state index contributed by atoms with van der Waals surface area (Å²) in [5.74, 6) is 2.20. The van der Waals surface area contributed by atoms with Gasteiger partial charge in [0, 0.05) is 24.3 Å². The zero-order valence-electron chi connectivity index (χ0n) is 25.8. The van der Waals surface area contributed by atoms with E-state index in [0.29, 0.717) is 56.1 Å². The van der Waals surface area contributed by atoms with Crippen molar-refractivity contribution < 1.29 is 27.8 Å². The second-order valence-corrected chi connectivity index (χ2v) is 15.6. The summed E-state index contributed by atoms with van der Waals surface area (Å²) in [5, 5.41) is 3.75. The van der Waals surface area contributed by atoms with Gasteiger partial charge < -0.3 is 27.8 Å². The Bertz CT molecular complexity index is 2010. The minimum absolute atomic E-state index is 0.398. The predicted octanol–water partition coefficient (Wildman–Crippen LogP) is 6.09. The van der Waals surface area contributed by atoms with Crippen molar-refractivity contribution in [2.75, 3.05) is 28.4 Å². The molecule has 0 saturated carbocycles. The summed E-state index contributed by atoms with van der Waals surface area (Å²) in [7, 11) is 4.09. The van der Waals surface area contributed by atoms with Gasteiger partial charge in [-0.25, -0.2) is 9.59 Å². The van der Waals surface area contributed by atoms with E-state index in [2.05, 4.69) is 37.4 Å². The van der Waals surface area contributed by atoms with Gasteiger partial charge in [0.25, 0.3) is 0 Å². The molecule has 0 atom stereocenters. The number of hydrogen-bond donors (Lipinski definition) is 0. The van der Waals surface area contributed by atoms with Crippen LogP contribution in [0.1, 0.15) is 0 Å². The Morgan fingerprint density at radius 1 is 0.511 bits per heavy atom. The molecule has 0 amide bonds. The molecule has 0 bridgehead atoms. The molecule has 0 radical (unpaired) electrons. The van der Waals surface area contributed by atoms with E-state index < -0.39 is 19.3 Å². The number of methoxy groups -OCH3 is 4. The molecule has 0 aliphatic rings. The van der Waals surface area contributed by atoms with Crippen LogP contribution in [0.3, 0.4) is 0 Å². The van der Waals surface area contributed by atoms with Gasteiger partial charge in [0.2, 0.25) is 0 Å². The molecule has 0 spiro atoms. The Balaban J connectivity index is 1.31. The zero-order chi connectivity index (χ0) is 31.9. The van der Waals surface area contributed by atoms with Crippen LogP contribution < -0.4 is 40.6 Å². The van der Waals surface area contributed by atoms with Crippen LogP contribution >= 0.6 is 0 Å². The van der Waals surface area contributed by atoms with Gasteiger partial charge in [-0.3, -0.25) is 0 Å². The van der Waals surface area contributed by atoms with Crippen LogP contribution in [0.25, 0.3) is 44.2 Å². The van der Waals surface area contributed by atoms with Gasteiger partial charge in [0.1, 0.15) is 42.2 Å². The van der Waals surface area contributed by atoms with E-state index in [4.69, 9.17) is 27.8 Å². The summed E-state index contributed by atoms with van der Waals surface area (Å²) >= 11 is 0. The molecule has 0 fully saturated rings. The number of hydrogen-bond acceptors (Lipinski definition) is 8. The topological polar surface area (TPSA) is 97.3 Å². The summed E-state index contributed by atoms with van der Waals surface area (Å²) in [4.78, 5) is 25.9. The van der Waals surface area contributed by atoms with Crippen molar-refractivity contribution in [3.8, 4) is 45.3 Å². The molecule has 9 heteroatoms. The first-order chi connectivity index (χ1) is 21.7. The number of fused-ring (bicyclic) bond motifs is 2. The van der Waals surface area contributed by atoms with Crippen LogP contribution in [0.2, 0.25) is 13.1 Å². The first kappa shape index (κ1) is 29.8. The van der Waals surface area contributed by atoms with Gasteiger partial charge in [-0.15, -0.1) is 0 Å². The van der Waals surface area contributed by atoms with Crippen LogP contribution in [-0.4, -0.2) is 36.5 Å². The highest BCUT2D eigenvalue weighted by Crippen LogP contribution is 2.34. The number of rotatable bonds is 8. The van der Waals surface area contributed by atoms with Gasteiger partial charge in [0.15, 0.2) is 0 Å². The highest BCUT2D eigenvalue weighted by Gasteiger charge is 2.26. The maximum Gasteiger partial charge on any atom is 0.344 e. The first-order valence-electron chi connectivity index (χ1n) is 14.3. The van der Waals surface area contributed by atoms with E-state index in [1.807, 2.05) is 24.3 Å². The molecule has 0 saturated heterocycles. The molecule has 45 heavy (non-hydrogen) atoms. The molecule has 228 valence electrons. The highest BCUT2D eigenvalue weighted by molar-refractivity contribution is 7.00. The van der Waals surface area contributed by atoms with Gasteiger partial charge >= 0.3 is 11.3 Å². The third-order valence-electron chi connectivity index (χ3n) is 8.32. The molecule has 2 aromatic heterocycles. The Hall–Kier alpha value is -5.28. The van der Waals surface area contributed by atoms with Gasteiger partial charge in [-0.2, -0.15) is 0 Å². The smallest absolute Gasteiger partial charge is 0.344 e. The van der Waals surface area contributed by atoms with Crippen molar-refractivity contribution in [2.45, 2.75) is 13.1 Å². The average molecular weight is 621 g/mol. The summed E-state index contributed by atoms with van der Waals surface area (Å²) in [6.07, 6.45) is 0. The lowest BCUT2D eigenvalue weighted by Gasteiger charge is -2.24. The molecule has 2 heterocycles. The van der Waals surface area contributed by atoms with Crippen LogP contribution in [0.4, 0.5) is 0 Å². The van der Waals surface area contributed by atoms with Crippen molar-refractivity contribution in [3.05, 3.63) is 106 Å². The lowest BCUT2D eigenvalue weighted by molar-refractivity contribution is 0.395. The summed E-state index contributed by atoms with van der Waals surface area (Å²) in [5.41, 5.74) is 2.33. The first-order valence-corrected chi connectivity index (χ1v) is 17.3. The fourth-order valence-electron chi connectivity index (χ4n) is 5.60. The molecule has 0 unspecified atom stereocenters. The van der Waals surface area contributed by atoms with Gasteiger partial charge in [0.05, 0.1) is 50.3 Å². The Morgan fingerprint density at radius 3 is 1.22 bits per heavy atom. The van der Waals surface area contributed by atoms with E-state index in [9.17, 15) is 9.59 Å². The molecular weight excluding hydrogens is 588 g/mol. The van der Waals surface area contributed by atoms with Gasteiger partial charge in [-0.1, -0.05) is 72.0 Å². The maximum absolute atomic E-state index is 13.0. The standard InChI is InChI=1S/C36H32O8Si/c1-39-23-15-31(41-3)29-19-27(35(37)43-33(29)17-23)21-7-11-25(12-8-21)45(5,6)26-13-9-22(10-14-26)28-20-30-32(42-4)16-24(40-2)18-34(30)44-36(28)38/h7-20H,1-6H3. The second-order valence-electron chi connectivity index (χ2n) is 11.2. The normalized spacial score (nSPS) is 11.5. The fraction of sp³-hybridized carbons (Fsp3) is 0.167. The molecule has 8 nitrogen and oxygen atoms in total. The van der Waals surface area contributed by atoms with Crippen molar-refractivity contribution in [1.29, 1.82) is 0 Å². The number of ether oxygens (including phenoxy) is 4. The highest BCUT2D eigenvalue weighted by atomic mass is 28.3. The van der Waals surface area contributed by atoms with Crippen molar-refractivity contribution in [1.82, 2.24) is 0 Å². The fourth-order valence-corrected chi connectivity index (χ4v) is 7.93.